The maximum absolute atomic E-state index is 11.7. The number of hydrogen-bond acceptors (Lipinski definition) is 5. The summed E-state index contributed by atoms with van der Waals surface area (Å²) in [7, 11) is -1.87. The van der Waals surface area contributed by atoms with Crippen molar-refractivity contribution in [2.45, 2.75) is 19.4 Å². The number of carboxylic acids is 1. The van der Waals surface area contributed by atoms with Gasteiger partial charge in [0.15, 0.2) is 0 Å². The molecular formula is C11H19N3O5S. The molecule has 0 aliphatic carbocycles. The van der Waals surface area contributed by atoms with Crippen LogP contribution in [0.5, 0.6) is 0 Å². The molecule has 20 heavy (non-hydrogen) atoms. The Labute approximate surface area is 118 Å². The monoisotopic (exact) mass is 305 g/mol. The molecule has 0 radical (unpaired) electrons. The van der Waals surface area contributed by atoms with E-state index in [0.29, 0.717) is 0 Å². The normalized spacial score (nSPS) is 13.9. The van der Waals surface area contributed by atoms with Gasteiger partial charge in [-0.15, -0.1) is 0 Å². The van der Waals surface area contributed by atoms with Gasteiger partial charge in [-0.2, -0.15) is 5.26 Å². The van der Waals surface area contributed by atoms with Gasteiger partial charge in [-0.25, -0.2) is 18.0 Å². The predicted molar refractivity (Wildman–Crippen MR) is 71.7 cm³/mol. The first-order chi connectivity index (χ1) is 9.06. The molecule has 2 atom stereocenters. The predicted octanol–water partition coefficient (Wildman–Crippen LogP) is -0.325. The van der Waals surface area contributed by atoms with E-state index in [2.05, 4.69) is 5.32 Å². The molecule has 8 nitrogen and oxygen atoms in total. The van der Waals surface area contributed by atoms with Gasteiger partial charge in [-0.3, -0.25) is 0 Å². The molecule has 2 amide bonds. The Morgan fingerprint density at radius 2 is 2.00 bits per heavy atom. The van der Waals surface area contributed by atoms with Crippen molar-refractivity contribution in [1.82, 2.24) is 10.2 Å². The van der Waals surface area contributed by atoms with E-state index in [9.17, 15) is 18.0 Å². The molecule has 0 aromatic heterocycles. The van der Waals surface area contributed by atoms with Crippen molar-refractivity contribution in [3.05, 3.63) is 0 Å². The van der Waals surface area contributed by atoms with Gasteiger partial charge in [0.05, 0.1) is 17.7 Å². The highest BCUT2D eigenvalue weighted by atomic mass is 32.2. The zero-order valence-corrected chi connectivity index (χ0v) is 12.5. The summed E-state index contributed by atoms with van der Waals surface area (Å²) in [6.07, 6.45) is 0.788. The number of aliphatic carboxylic acids is 1. The van der Waals surface area contributed by atoms with E-state index < -0.39 is 27.9 Å². The number of carboxylic acid groups (broad SMARTS) is 1. The topological polar surface area (TPSA) is 128 Å². The molecule has 0 aliphatic heterocycles. The van der Waals surface area contributed by atoms with E-state index >= 15 is 0 Å². The van der Waals surface area contributed by atoms with Gasteiger partial charge >= 0.3 is 12.0 Å². The largest absolute Gasteiger partial charge is 0.480 e. The van der Waals surface area contributed by atoms with Gasteiger partial charge in [-0.05, 0) is 13.3 Å². The molecule has 0 aromatic rings. The van der Waals surface area contributed by atoms with Crippen LogP contribution in [-0.4, -0.2) is 62.1 Å². The van der Waals surface area contributed by atoms with E-state index in [0.717, 1.165) is 6.26 Å². The Morgan fingerprint density at radius 1 is 1.45 bits per heavy atom. The van der Waals surface area contributed by atoms with Crippen LogP contribution in [0.4, 0.5) is 4.79 Å². The molecule has 0 bridgehead atoms. The van der Waals surface area contributed by atoms with Gasteiger partial charge in [0.25, 0.3) is 0 Å². The first kappa shape index (κ1) is 18.2. The molecule has 0 fully saturated rings. The first-order valence-corrected chi connectivity index (χ1v) is 7.94. The van der Waals surface area contributed by atoms with E-state index in [4.69, 9.17) is 10.4 Å². The molecule has 9 heteroatoms. The second-order valence-electron chi connectivity index (χ2n) is 4.67. The lowest BCUT2D eigenvalue weighted by atomic mass is 10.2. The van der Waals surface area contributed by atoms with Crippen molar-refractivity contribution in [3.8, 4) is 6.07 Å². The number of carbonyl (C=O) groups excluding carboxylic acids is 1. The Balaban J connectivity index is 4.56. The summed E-state index contributed by atoms with van der Waals surface area (Å²) in [6.45, 7) is 1.78. The van der Waals surface area contributed by atoms with Gasteiger partial charge < -0.3 is 15.3 Å². The Kier molecular flexibility index (Phi) is 6.99. The minimum absolute atomic E-state index is 0.154. The summed E-state index contributed by atoms with van der Waals surface area (Å²) < 4.78 is 22.0. The second kappa shape index (κ2) is 7.69. The zero-order chi connectivity index (χ0) is 15.9. The standard InChI is InChI=1S/C11H19N3O5S/c1-8(6-12)7-14(2)11(17)13-9(10(15)16)4-5-20(3,18)19/h8-9H,4-5,7H2,1-3H3,(H,13,17)(H,15,16). The van der Waals surface area contributed by atoms with Crippen LogP contribution in [0.25, 0.3) is 0 Å². The quantitative estimate of drug-likeness (QED) is 0.663. The van der Waals surface area contributed by atoms with Gasteiger partial charge in [0.1, 0.15) is 15.9 Å². The van der Waals surface area contributed by atoms with E-state index in [1.54, 1.807) is 6.92 Å². The van der Waals surface area contributed by atoms with Crippen molar-refractivity contribution in [3.63, 3.8) is 0 Å². The minimum Gasteiger partial charge on any atom is -0.480 e. The van der Waals surface area contributed by atoms with Crippen LogP contribution in [0.15, 0.2) is 0 Å². The number of rotatable bonds is 7. The summed E-state index contributed by atoms with van der Waals surface area (Å²) in [4.78, 5) is 23.9. The highest BCUT2D eigenvalue weighted by molar-refractivity contribution is 7.90. The van der Waals surface area contributed by atoms with Crippen LogP contribution in [-0.2, 0) is 14.6 Å². The highest BCUT2D eigenvalue weighted by Crippen LogP contribution is 2.01. The number of urea groups is 1. The minimum atomic E-state index is -3.30. The SMILES string of the molecule is CC(C#N)CN(C)C(=O)NC(CCS(C)(=O)=O)C(=O)O. The fourth-order valence-electron chi connectivity index (χ4n) is 1.38. The second-order valence-corrected chi connectivity index (χ2v) is 6.93. The van der Waals surface area contributed by atoms with Gasteiger partial charge in [0, 0.05) is 19.8 Å². The van der Waals surface area contributed by atoms with Crippen LogP contribution in [0.1, 0.15) is 13.3 Å². The fraction of sp³-hybridized carbons (Fsp3) is 0.727. The fourth-order valence-corrected chi connectivity index (χ4v) is 2.05. The molecular weight excluding hydrogens is 286 g/mol. The van der Waals surface area contributed by atoms with Gasteiger partial charge in [-0.1, -0.05) is 0 Å². The van der Waals surface area contributed by atoms with Crippen molar-refractivity contribution in [2.75, 3.05) is 25.6 Å². The van der Waals surface area contributed by atoms with Crippen LogP contribution < -0.4 is 5.32 Å². The van der Waals surface area contributed by atoms with E-state index in [1.165, 1.54) is 11.9 Å². The van der Waals surface area contributed by atoms with Gasteiger partial charge in [0.2, 0.25) is 0 Å². The van der Waals surface area contributed by atoms with E-state index in [-0.39, 0.29) is 24.6 Å². The number of nitriles is 1. The highest BCUT2D eigenvalue weighted by Gasteiger charge is 2.23. The lowest BCUT2D eigenvalue weighted by molar-refractivity contribution is -0.139. The molecule has 114 valence electrons. The third-order valence-corrected chi connectivity index (χ3v) is 3.47. The Bertz CT molecular complexity index is 497. The molecule has 0 spiro atoms. The summed E-state index contributed by atoms with van der Waals surface area (Å²) in [5.74, 6) is -2.02. The lowest BCUT2D eigenvalue weighted by Crippen LogP contribution is -2.48. The summed E-state index contributed by atoms with van der Waals surface area (Å²) in [6, 6.07) is 0.0148. The molecule has 0 heterocycles. The maximum Gasteiger partial charge on any atom is 0.326 e. The maximum atomic E-state index is 11.7. The number of sulfone groups is 1. The lowest BCUT2D eigenvalue weighted by Gasteiger charge is -2.22. The first-order valence-electron chi connectivity index (χ1n) is 5.88. The molecule has 0 saturated heterocycles. The number of nitrogens with one attached hydrogen (secondary N) is 1. The summed E-state index contributed by atoms with van der Waals surface area (Å²) in [5.41, 5.74) is 0. The number of hydrogen-bond donors (Lipinski definition) is 2. The average molecular weight is 305 g/mol. The van der Waals surface area contributed by atoms with Crippen LogP contribution in [0, 0.1) is 17.2 Å². The smallest absolute Gasteiger partial charge is 0.326 e. The number of amides is 2. The van der Waals surface area contributed by atoms with Crippen molar-refractivity contribution >= 4 is 21.8 Å². The molecule has 0 aromatic carbocycles. The van der Waals surface area contributed by atoms with Crippen molar-refractivity contribution < 1.29 is 23.1 Å². The van der Waals surface area contributed by atoms with Crippen LogP contribution >= 0.6 is 0 Å². The average Bonchev–Trinajstić information content (AvgIpc) is 2.32. The third-order valence-electron chi connectivity index (χ3n) is 2.49. The van der Waals surface area contributed by atoms with Crippen molar-refractivity contribution in [1.29, 1.82) is 5.26 Å². The van der Waals surface area contributed by atoms with Crippen LogP contribution in [0.2, 0.25) is 0 Å². The molecule has 2 unspecified atom stereocenters. The third kappa shape index (κ3) is 7.58. The molecule has 0 rings (SSSR count). The summed E-state index contributed by atoms with van der Waals surface area (Å²) in [5, 5.41) is 19.8. The molecule has 0 saturated carbocycles. The van der Waals surface area contributed by atoms with Crippen LogP contribution in [0.3, 0.4) is 0 Å². The number of nitrogens with zero attached hydrogens (tertiary/aromatic N) is 2. The van der Waals surface area contributed by atoms with E-state index in [1.807, 2.05) is 6.07 Å². The zero-order valence-electron chi connectivity index (χ0n) is 11.7. The number of carbonyl (C=O) groups is 2. The summed E-state index contributed by atoms with van der Waals surface area (Å²) >= 11 is 0. The Hall–Kier alpha value is -1.82. The molecule has 2 N–H and O–H groups in total. The Morgan fingerprint density at radius 3 is 2.40 bits per heavy atom. The van der Waals surface area contributed by atoms with Crippen molar-refractivity contribution in [2.24, 2.45) is 5.92 Å². The molecule has 0 aliphatic rings.